The Morgan fingerprint density at radius 2 is 1.74 bits per heavy atom. The van der Waals surface area contributed by atoms with E-state index in [1.807, 2.05) is 7.05 Å². The third-order valence-corrected chi connectivity index (χ3v) is 7.17. The highest BCUT2D eigenvalue weighted by atomic mass is 16.5. The highest BCUT2D eigenvalue weighted by Crippen LogP contribution is 2.35. The first-order valence-electron chi connectivity index (χ1n) is 11.5. The lowest BCUT2D eigenvalue weighted by molar-refractivity contribution is 0.0363. The zero-order chi connectivity index (χ0) is 19.0. The van der Waals surface area contributed by atoms with Crippen LogP contribution in [0.4, 0.5) is 0 Å². The number of nitrogens with zero attached hydrogens (tertiary/aromatic N) is 3. The maximum atomic E-state index is 5.50. The fraction of sp³-hybridized carbons (Fsp3) is 0.955. The lowest BCUT2D eigenvalue weighted by atomic mass is 9.79. The van der Waals surface area contributed by atoms with Gasteiger partial charge < -0.3 is 15.0 Å². The summed E-state index contributed by atoms with van der Waals surface area (Å²) in [6.07, 6.45) is 14.7. The van der Waals surface area contributed by atoms with Gasteiger partial charge in [0.1, 0.15) is 0 Å². The molecular formula is C22H42N4O. The van der Waals surface area contributed by atoms with Crippen LogP contribution in [0, 0.1) is 5.92 Å². The highest BCUT2D eigenvalue weighted by Gasteiger charge is 2.38. The van der Waals surface area contributed by atoms with Crippen molar-refractivity contribution in [3.8, 4) is 0 Å². The molecule has 0 atom stereocenters. The van der Waals surface area contributed by atoms with Crippen molar-refractivity contribution in [2.24, 2.45) is 10.9 Å². The maximum absolute atomic E-state index is 5.50. The Hall–Kier alpha value is -0.810. The number of rotatable bonds is 6. The van der Waals surface area contributed by atoms with E-state index in [9.17, 15) is 0 Å². The maximum Gasteiger partial charge on any atom is 0.193 e. The average molecular weight is 379 g/mol. The van der Waals surface area contributed by atoms with Crippen LogP contribution in [0.15, 0.2) is 4.99 Å². The van der Waals surface area contributed by atoms with E-state index in [1.54, 1.807) is 0 Å². The molecule has 2 heterocycles. The van der Waals surface area contributed by atoms with Gasteiger partial charge in [-0.25, -0.2) is 0 Å². The van der Waals surface area contributed by atoms with Crippen LogP contribution in [0.5, 0.6) is 0 Å². The van der Waals surface area contributed by atoms with Crippen LogP contribution in [0.1, 0.15) is 70.6 Å². The minimum atomic E-state index is 0.357. The first-order chi connectivity index (χ1) is 13.2. The van der Waals surface area contributed by atoms with Crippen molar-refractivity contribution in [1.82, 2.24) is 15.1 Å². The second kappa shape index (κ2) is 10.7. The Bertz CT molecular complexity index is 449. The summed E-state index contributed by atoms with van der Waals surface area (Å²) in [7, 11) is 4.13. The summed E-state index contributed by atoms with van der Waals surface area (Å²) in [5.74, 6) is 1.89. The molecule has 5 nitrogen and oxygen atoms in total. The van der Waals surface area contributed by atoms with Gasteiger partial charge in [-0.05, 0) is 64.0 Å². The predicted molar refractivity (Wildman–Crippen MR) is 113 cm³/mol. The molecule has 0 aromatic heterocycles. The second-order valence-corrected chi connectivity index (χ2v) is 9.00. The number of hydrogen-bond acceptors (Lipinski definition) is 3. The fourth-order valence-electron chi connectivity index (χ4n) is 5.33. The van der Waals surface area contributed by atoms with Gasteiger partial charge in [0.05, 0.1) is 0 Å². The molecule has 0 spiro atoms. The number of guanidine groups is 1. The summed E-state index contributed by atoms with van der Waals surface area (Å²) in [6, 6.07) is 0. The predicted octanol–water partition coefficient (Wildman–Crippen LogP) is 3.50. The molecule has 2 saturated heterocycles. The quantitative estimate of drug-likeness (QED) is 0.567. The molecule has 2 aliphatic heterocycles. The number of likely N-dealkylation sites (tertiary alicyclic amines) is 1. The molecule has 27 heavy (non-hydrogen) atoms. The Labute approximate surface area is 166 Å². The van der Waals surface area contributed by atoms with Gasteiger partial charge in [-0.3, -0.25) is 9.89 Å². The number of piperidine rings is 1. The normalized spacial score (nSPS) is 25.3. The Morgan fingerprint density at radius 3 is 2.41 bits per heavy atom. The Morgan fingerprint density at radius 1 is 1.07 bits per heavy atom. The van der Waals surface area contributed by atoms with Gasteiger partial charge in [0.2, 0.25) is 0 Å². The first kappa shape index (κ1) is 20.9. The second-order valence-electron chi connectivity index (χ2n) is 9.00. The van der Waals surface area contributed by atoms with Crippen LogP contribution in [-0.4, -0.2) is 74.8 Å². The molecule has 3 aliphatic rings. The van der Waals surface area contributed by atoms with Crippen molar-refractivity contribution < 1.29 is 4.74 Å². The number of ether oxygens (including phenoxy) is 1. The van der Waals surface area contributed by atoms with Gasteiger partial charge in [-0.15, -0.1) is 0 Å². The lowest BCUT2D eigenvalue weighted by Gasteiger charge is -2.48. The molecule has 0 bridgehead atoms. The summed E-state index contributed by atoms with van der Waals surface area (Å²) in [6.45, 7) is 6.61. The lowest BCUT2D eigenvalue weighted by Crippen LogP contribution is -2.59. The zero-order valence-electron chi connectivity index (χ0n) is 17.8. The van der Waals surface area contributed by atoms with Gasteiger partial charge >= 0.3 is 0 Å². The average Bonchev–Trinajstić information content (AvgIpc) is 2.75. The molecule has 3 fully saturated rings. The van der Waals surface area contributed by atoms with Crippen LogP contribution in [0.3, 0.4) is 0 Å². The molecular weight excluding hydrogens is 336 g/mol. The Balaban J connectivity index is 1.52. The van der Waals surface area contributed by atoms with Gasteiger partial charge in [0, 0.05) is 45.9 Å². The molecule has 5 heteroatoms. The molecule has 156 valence electrons. The van der Waals surface area contributed by atoms with E-state index in [1.165, 1.54) is 83.7 Å². The third-order valence-electron chi connectivity index (χ3n) is 7.17. The zero-order valence-corrected chi connectivity index (χ0v) is 17.8. The Kier molecular flexibility index (Phi) is 8.25. The van der Waals surface area contributed by atoms with Crippen molar-refractivity contribution >= 4 is 5.96 Å². The van der Waals surface area contributed by atoms with Gasteiger partial charge in [-0.1, -0.05) is 25.7 Å². The smallest absolute Gasteiger partial charge is 0.193 e. The minimum absolute atomic E-state index is 0.357. The molecule has 1 saturated carbocycles. The fourth-order valence-corrected chi connectivity index (χ4v) is 5.33. The van der Waals surface area contributed by atoms with E-state index < -0.39 is 0 Å². The van der Waals surface area contributed by atoms with Crippen molar-refractivity contribution in [1.29, 1.82) is 0 Å². The van der Waals surface area contributed by atoms with E-state index in [0.717, 1.165) is 38.2 Å². The summed E-state index contributed by atoms with van der Waals surface area (Å²) >= 11 is 0. The van der Waals surface area contributed by atoms with E-state index in [4.69, 9.17) is 4.74 Å². The first-order valence-corrected chi connectivity index (χ1v) is 11.5. The summed E-state index contributed by atoms with van der Waals surface area (Å²) in [5.41, 5.74) is 0.357. The molecule has 0 amide bonds. The van der Waals surface area contributed by atoms with E-state index >= 15 is 0 Å². The van der Waals surface area contributed by atoms with Crippen LogP contribution in [0.2, 0.25) is 0 Å². The molecule has 0 aromatic carbocycles. The molecule has 0 radical (unpaired) electrons. The number of hydrogen-bond donors (Lipinski definition) is 1. The van der Waals surface area contributed by atoms with E-state index in [2.05, 4.69) is 27.2 Å². The minimum Gasteiger partial charge on any atom is -0.381 e. The van der Waals surface area contributed by atoms with Crippen LogP contribution < -0.4 is 5.32 Å². The molecule has 1 aliphatic carbocycles. The van der Waals surface area contributed by atoms with Crippen molar-refractivity contribution in [2.75, 3.05) is 53.5 Å². The van der Waals surface area contributed by atoms with Gasteiger partial charge in [-0.2, -0.15) is 0 Å². The van der Waals surface area contributed by atoms with Crippen LogP contribution in [0.25, 0.3) is 0 Å². The summed E-state index contributed by atoms with van der Waals surface area (Å²) in [4.78, 5) is 9.75. The van der Waals surface area contributed by atoms with Crippen molar-refractivity contribution in [3.63, 3.8) is 0 Å². The van der Waals surface area contributed by atoms with E-state index in [-0.39, 0.29) is 0 Å². The number of nitrogens with one attached hydrogen (secondary N) is 1. The van der Waals surface area contributed by atoms with Crippen molar-refractivity contribution in [2.45, 2.75) is 76.2 Å². The van der Waals surface area contributed by atoms with E-state index in [0.29, 0.717) is 5.54 Å². The topological polar surface area (TPSA) is 40.1 Å². The van der Waals surface area contributed by atoms with Gasteiger partial charge in [0.15, 0.2) is 5.96 Å². The molecule has 0 unspecified atom stereocenters. The number of aliphatic imine (C=N–C) groups is 1. The monoisotopic (exact) mass is 378 g/mol. The standard InChI is InChI=1S/C22H42N4O/c1-23-21(25(2)16-9-20-10-17-27-18-11-20)24-19-22(12-5-3-6-13-22)26-14-7-4-8-15-26/h20H,3-19H2,1-2H3,(H,23,24). The molecule has 1 N–H and O–H groups in total. The van der Waals surface area contributed by atoms with Crippen LogP contribution >= 0.6 is 0 Å². The summed E-state index contributed by atoms with van der Waals surface area (Å²) < 4.78 is 5.50. The van der Waals surface area contributed by atoms with Gasteiger partial charge in [0.25, 0.3) is 0 Å². The SMILES string of the molecule is CN=C(NCC1(N2CCCCC2)CCCCC1)N(C)CCC1CCOCC1. The molecule has 3 rings (SSSR count). The summed E-state index contributed by atoms with van der Waals surface area (Å²) in [5, 5.41) is 3.77. The van der Waals surface area contributed by atoms with Crippen molar-refractivity contribution in [3.05, 3.63) is 0 Å². The third kappa shape index (κ3) is 5.83. The largest absolute Gasteiger partial charge is 0.381 e. The molecule has 0 aromatic rings. The highest BCUT2D eigenvalue weighted by molar-refractivity contribution is 5.79. The van der Waals surface area contributed by atoms with Crippen LogP contribution in [-0.2, 0) is 4.74 Å².